The number of benzene rings is 2. The fourth-order valence-corrected chi connectivity index (χ4v) is 4.71. The maximum atomic E-state index is 9.85. The van der Waals surface area contributed by atoms with E-state index in [0.29, 0.717) is 0 Å². The minimum atomic E-state index is -0.0914. The summed E-state index contributed by atoms with van der Waals surface area (Å²) in [5, 5.41) is 9.85. The lowest BCUT2D eigenvalue weighted by Crippen LogP contribution is -2.27. The highest BCUT2D eigenvalue weighted by molar-refractivity contribution is 5.64. The molecule has 2 aromatic rings. The molecule has 0 bridgehead atoms. The molecular weight excluding hydrogens is 338 g/mol. The smallest absolute Gasteiger partial charge is 0.0689 e. The van der Waals surface area contributed by atoms with E-state index in [0.717, 1.165) is 31.6 Å². The quantitative estimate of drug-likeness (QED) is 0.464. The summed E-state index contributed by atoms with van der Waals surface area (Å²) >= 11 is 0. The van der Waals surface area contributed by atoms with Gasteiger partial charge in [-0.2, -0.15) is 5.26 Å². The van der Waals surface area contributed by atoms with E-state index in [2.05, 4.69) is 68.4 Å². The zero-order valence-corrected chi connectivity index (χ0v) is 17.7. The van der Waals surface area contributed by atoms with Crippen molar-refractivity contribution in [3.8, 4) is 17.2 Å². The Bertz CT molecular complexity index is 765. The molecule has 0 aliphatic heterocycles. The first-order chi connectivity index (χ1) is 13.7. The first kappa shape index (κ1) is 20.7. The van der Waals surface area contributed by atoms with Gasteiger partial charge < -0.3 is 0 Å². The van der Waals surface area contributed by atoms with Gasteiger partial charge in [0.1, 0.15) is 0 Å². The van der Waals surface area contributed by atoms with Crippen molar-refractivity contribution in [2.24, 2.45) is 11.3 Å². The normalized spacial score (nSPS) is 22.0. The SMILES string of the molecule is CCCCc1ccc(-c2ccc(CCC3(C#N)CCCC(CC)C3)cc2)cc1. The first-order valence-corrected chi connectivity index (χ1v) is 11.3. The predicted molar refractivity (Wildman–Crippen MR) is 119 cm³/mol. The van der Waals surface area contributed by atoms with Gasteiger partial charge in [0.05, 0.1) is 11.5 Å². The zero-order chi connectivity index (χ0) is 19.8. The molecule has 0 amide bonds. The molecule has 1 saturated carbocycles. The Morgan fingerprint density at radius 2 is 1.54 bits per heavy atom. The summed E-state index contributed by atoms with van der Waals surface area (Å²) in [6.07, 6.45) is 11.6. The molecule has 1 heteroatoms. The summed E-state index contributed by atoms with van der Waals surface area (Å²) in [6, 6.07) is 20.7. The van der Waals surface area contributed by atoms with Gasteiger partial charge in [0.2, 0.25) is 0 Å². The van der Waals surface area contributed by atoms with Crippen LogP contribution in [-0.2, 0) is 12.8 Å². The van der Waals surface area contributed by atoms with Crippen molar-refractivity contribution in [1.29, 1.82) is 5.26 Å². The number of unbranched alkanes of at least 4 members (excludes halogenated alkanes) is 1. The van der Waals surface area contributed by atoms with Crippen LogP contribution in [0.3, 0.4) is 0 Å². The van der Waals surface area contributed by atoms with Crippen LogP contribution in [0, 0.1) is 22.7 Å². The average Bonchev–Trinajstić information content (AvgIpc) is 2.77. The molecule has 0 heterocycles. The molecule has 1 aliphatic carbocycles. The largest absolute Gasteiger partial charge is 0.198 e. The molecule has 2 aromatic carbocycles. The van der Waals surface area contributed by atoms with Crippen molar-refractivity contribution in [3.63, 3.8) is 0 Å². The van der Waals surface area contributed by atoms with Crippen molar-refractivity contribution in [2.75, 3.05) is 0 Å². The van der Waals surface area contributed by atoms with Gasteiger partial charge in [-0.15, -0.1) is 0 Å². The molecule has 148 valence electrons. The summed E-state index contributed by atoms with van der Waals surface area (Å²) in [6.45, 7) is 4.51. The number of nitrogens with zero attached hydrogens (tertiary/aromatic N) is 1. The van der Waals surface area contributed by atoms with E-state index in [-0.39, 0.29) is 5.41 Å². The predicted octanol–water partition coefficient (Wildman–Crippen LogP) is 7.74. The summed E-state index contributed by atoms with van der Waals surface area (Å²) in [5.41, 5.74) is 5.27. The molecule has 0 aromatic heterocycles. The summed E-state index contributed by atoms with van der Waals surface area (Å²) in [5.74, 6) is 0.746. The van der Waals surface area contributed by atoms with Crippen LogP contribution < -0.4 is 0 Å². The Morgan fingerprint density at radius 1 is 0.929 bits per heavy atom. The second-order valence-electron chi connectivity index (χ2n) is 8.76. The molecule has 1 nitrogen and oxygen atoms in total. The molecule has 0 spiro atoms. The summed E-state index contributed by atoms with van der Waals surface area (Å²) in [7, 11) is 0. The van der Waals surface area contributed by atoms with Gasteiger partial charge in [-0.1, -0.05) is 88.1 Å². The highest BCUT2D eigenvalue weighted by Crippen LogP contribution is 2.43. The van der Waals surface area contributed by atoms with Crippen molar-refractivity contribution in [3.05, 3.63) is 59.7 Å². The molecule has 0 saturated heterocycles. The Morgan fingerprint density at radius 3 is 2.07 bits per heavy atom. The molecular formula is C27H35N. The molecule has 3 rings (SSSR count). The van der Waals surface area contributed by atoms with Crippen LogP contribution >= 0.6 is 0 Å². The summed E-state index contributed by atoms with van der Waals surface area (Å²) < 4.78 is 0. The lowest BCUT2D eigenvalue weighted by Gasteiger charge is -2.35. The van der Waals surface area contributed by atoms with E-state index in [1.165, 1.54) is 60.8 Å². The van der Waals surface area contributed by atoms with E-state index in [1.807, 2.05) is 0 Å². The standard InChI is InChI=1S/C27H35N/c1-3-5-7-23-9-13-25(14-10-23)26-15-11-24(12-16-26)17-19-27(21-28)18-6-8-22(4-2)20-27/h9-16,22H,3-8,17-20H2,1-2H3. The molecule has 28 heavy (non-hydrogen) atoms. The molecule has 1 aliphatic rings. The van der Waals surface area contributed by atoms with Gasteiger partial charge in [0.15, 0.2) is 0 Å². The van der Waals surface area contributed by atoms with Crippen molar-refractivity contribution in [1.82, 2.24) is 0 Å². The van der Waals surface area contributed by atoms with Crippen molar-refractivity contribution in [2.45, 2.75) is 78.1 Å². The number of rotatable bonds is 8. The topological polar surface area (TPSA) is 23.8 Å². The minimum absolute atomic E-state index is 0.0914. The Labute approximate surface area is 171 Å². The van der Waals surface area contributed by atoms with Gasteiger partial charge in [0.25, 0.3) is 0 Å². The Hall–Kier alpha value is -2.07. The van der Waals surface area contributed by atoms with Gasteiger partial charge in [-0.05, 0) is 66.7 Å². The maximum absolute atomic E-state index is 9.85. The Balaban J connectivity index is 1.60. The van der Waals surface area contributed by atoms with Crippen LogP contribution in [-0.4, -0.2) is 0 Å². The van der Waals surface area contributed by atoms with E-state index in [1.54, 1.807) is 0 Å². The van der Waals surface area contributed by atoms with Crippen LogP contribution in [0.5, 0.6) is 0 Å². The van der Waals surface area contributed by atoms with Crippen molar-refractivity contribution >= 4 is 0 Å². The van der Waals surface area contributed by atoms with Crippen LogP contribution in [0.4, 0.5) is 0 Å². The van der Waals surface area contributed by atoms with Gasteiger partial charge >= 0.3 is 0 Å². The van der Waals surface area contributed by atoms with E-state index in [9.17, 15) is 5.26 Å². The second-order valence-corrected chi connectivity index (χ2v) is 8.76. The first-order valence-electron chi connectivity index (χ1n) is 11.3. The average molecular weight is 374 g/mol. The second kappa shape index (κ2) is 9.92. The number of nitriles is 1. The van der Waals surface area contributed by atoms with Gasteiger partial charge in [0, 0.05) is 0 Å². The van der Waals surface area contributed by atoms with Gasteiger partial charge in [-0.3, -0.25) is 0 Å². The van der Waals surface area contributed by atoms with E-state index < -0.39 is 0 Å². The molecule has 0 radical (unpaired) electrons. The fraction of sp³-hybridized carbons (Fsp3) is 0.519. The van der Waals surface area contributed by atoms with Crippen LogP contribution in [0.25, 0.3) is 11.1 Å². The monoisotopic (exact) mass is 373 g/mol. The number of hydrogen-bond acceptors (Lipinski definition) is 1. The minimum Gasteiger partial charge on any atom is -0.198 e. The van der Waals surface area contributed by atoms with Crippen LogP contribution in [0.2, 0.25) is 0 Å². The van der Waals surface area contributed by atoms with Gasteiger partial charge in [-0.25, -0.2) is 0 Å². The third-order valence-corrected chi connectivity index (χ3v) is 6.71. The maximum Gasteiger partial charge on any atom is 0.0689 e. The summed E-state index contributed by atoms with van der Waals surface area (Å²) in [4.78, 5) is 0. The zero-order valence-electron chi connectivity index (χ0n) is 17.7. The third kappa shape index (κ3) is 5.26. The number of aryl methyl sites for hydroxylation is 2. The molecule has 2 unspecified atom stereocenters. The highest BCUT2D eigenvalue weighted by Gasteiger charge is 2.35. The molecule has 0 N–H and O–H groups in total. The van der Waals surface area contributed by atoms with Crippen LogP contribution in [0.15, 0.2) is 48.5 Å². The molecule has 2 atom stereocenters. The fourth-order valence-electron chi connectivity index (χ4n) is 4.71. The molecule has 1 fully saturated rings. The third-order valence-electron chi connectivity index (χ3n) is 6.71. The van der Waals surface area contributed by atoms with Crippen LogP contribution in [0.1, 0.15) is 76.3 Å². The number of hydrogen-bond donors (Lipinski definition) is 0. The Kier molecular flexibility index (Phi) is 7.32. The van der Waals surface area contributed by atoms with E-state index >= 15 is 0 Å². The van der Waals surface area contributed by atoms with E-state index in [4.69, 9.17) is 0 Å². The highest BCUT2D eigenvalue weighted by atomic mass is 14.4. The lowest BCUT2D eigenvalue weighted by molar-refractivity contribution is 0.183. The lowest BCUT2D eigenvalue weighted by atomic mass is 9.67. The van der Waals surface area contributed by atoms with Crippen molar-refractivity contribution < 1.29 is 0 Å².